The minimum atomic E-state index is -0.920. The molecule has 0 unspecified atom stereocenters. The van der Waals surface area contributed by atoms with Crippen molar-refractivity contribution in [2.24, 2.45) is 0 Å². The number of aliphatic carboxylic acids is 2. The van der Waals surface area contributed by atoms with Crippen molar-refractivity contribution in [1.29, 1.82) is 0 Å². The molecule has 1 rings (SSSR count). The SMILES string of the molecule is CCCCCCCC(=O)[O-].CCCCCCCC(=O)[O-].[Ni+2].c1ccccc1. The fourth-order valence-electron chi connectivity index (χ4n) is 2.13. The maximum Gasteiger partial charge on any atom is 2.00 e. The number of benzene rings is 1. The molecule has 5 heteroatoms. The Morgan fingerprint density at radius 2 is 0.815 bits per heavy atom. The molecule has 0 saturated carbocycles. The molecule has 0 amide bonds. The molecular weight excluding hydrogens is 387 g/mol. The summed E-state index contributed by atoms with van der Waals surface area (Å²) >= 11 is 0. The van der Waals surface area contributed by atoms with E-state index in [1.54, 1.807) is 0 Å². The maximum atomic E-state index is 9.92. The van der Waals surface area contributed by atoms with Crippen molar-refractivity contribution in [3.8, 4) is 0 Å². The minimum Gasteiger partial charge on any atom is -0.550 e. The van der Waals surface area contributed by atoms with Gasteiger partial charge in [-0.05, 0) is 25.7 Å². The van der Waals surface area contributed by atoms with E-state index in [0.29, 0.717) is 0 Å². The van der Waals surface area contributed by atoms with Gasteiger partial charge in [0.25, 0.3) is 0 Å². The zero-order chi connectivity index (χ0) is 19.9. The standard InChI is InChI=1S/2C8H16O2.C6H6.Ni/c2*1-2-3-4-5-6-7-8(9)10;1-2-4-6-5-3-1;/h2*2-7H2,1H3,(H,9,10);1-6H;/q;;;+2/p-2. The van der Waals surface area contributed by atoms with Crippen LogP contribution in [-0.4, -0.2) is 11.9 Å². The Labute approximate surface area is 175 Å². The molecular formula is C22H36NiO4. The number of unbranched alkanes of at least 4 members (excludes halogenated alkanes) is 8. The van der Waals surface area contributed by atoms with E-state index in [-0.39, 0.29) is 29.3 Å². The summed E-state index contributed by atoms with van der Waals surface area (Å²) in [7, 11) is 0. The monoisotopic (exact) mass is 422 g/mol. The van der Waals surface area contributed by atoms with Gasteiger partial charge >= 0.3 is 16.5 Å². The van der Waals surface area contributed by atoms with Crippen LogP contribution in [0.3, 0.4) is 0 Å². The zero-order valence-corrected chi connectivity index (χ0v) is 17.9. The molecule has 0 heterocycles. The van der Waals surface area contributed by atoms with Gasteiger partial charge < -0.3 is 19.8 Å². The number of hydrogen-bond donors (Lipinski definition) is 0. The van der Waals surface area contributed by atoms with Crippen molar-refractivity contribution in [3.05, 3.63) is 36.4 Å². The summed E-state index contributed by atoms with van der Waals surface area (Å²) in [6.07, 6.45) is 11.2. The molecule has 0 aliphatic carbocycles. The first-order valence-electron chi connectivity index (χ1n) is 9.94. The summed E-state index contributed by atoms with van der Waals surface area (Å²) in [5.41, 5.74) is 0. The molecule has 0 aliphatic rings. The van der Waals surface area contributed by atoms with Gasteiger partial charge in [-0.2, -0.15) is 0 Å². The quantitative estimate of drug-likeness (QED) is 0.378. The van der Waals surface area contributed by atoms with Gasteiger partial charge in [0.05, 0.1) is 0 Å². The Morgan fingerprint density at radius 1 is 0.556 bits per heavy atom. The molecule has 0 fully saturated rings. The van der Waals surface area contributed by atoms with E-state index in [4.69, 9.17) is 0 Å². The summed E-state index contributed by atoms with van der Waals surface area (Å²) in [5, 5.41) is 19.8. The first-order valence-corrected chi connectivity index (χ1v) is 9.94. The number of carbonyl (C=O) groups excluding carboxylic acids is 2. The molecule has 0 atom stereocenters. The molecule has 0 bridgehead atoms. The predicted molar refractivity (Wildman–Crippen MR) is 103 cm³/mol. The number of hydrogen-bond acceptors (Lipinski definition) is 4. The molecule has 158 valence electrons. The third-order valence-corrected chi connectivity index (χ3v) is 3.64. The van der Waals surface area contributed by atoms with Crippen molar-refractivity contribution in [1.82, 2.24) is 0 Å². The topological polar surface area (TPSA) is 80.3 Å². The fourth-order valence-corrected chi connectivity index (χ4v) is 2.13. The van der Waals surface area contributed by atoms with Crippen LogP contribution in [0.2, 0.25) is 0 Å². The van der Waals surface area contributed by atoms with Crippen molar-refractivity contribution in [2.75, 3.05) is 0 Å². The van der Waals surface area contributed by atoms with Crippen molar-refractivity contribution in [3.63, 3.8) is 0 Å². The van der Waals surface area contributed by atoms with Crippen LogP contribution in [0.25, 0.3) is 0 Å². The number of carboxylic acids is 2. The average Bonchev–Trinajstić information content (AvgIpc) is 2.63. The first kappa shape index (κ1) is 30.4. The third kappa shape index (κ3) is 36.4. The summed E-state index contributed by atoms with van der Waals surface area (Å²) in [6, 6.07) is 12.0. The van der Waals surface area contributed by atoms with Crippen LogP contribution < -0.4 is 10.2 Å². The number of carbonyl (C=O) groups is 2. The van der Waals surface area contributed by atoms with Crippen LogP contribution >= 0.6 is 0 Å². The zero-order valence-electron chi connectivity index (χ0n) is 16.9. The van der Waals surface area contributed by atoms with Crippen LogP contribution in [0.15, 0.2) is 36.4 Å². The molecule has 0 aliphatic heterocycles. The smallest absolute Gasteiger partial charge is 0.550 e. The van der Waals surface area contributed by atoms with E-state index >= 15 is 0 Å². The summed E-state index contributed by atoms with van der Waals surface area (Å²) < 4.78 is 0. The van der Waals surface area contributed by atoms with Gasteiger partial charge in [-0.1, -0.05) is 102 Å². The maximum absolute atomic E-state index is 9.92. The van der Waals surface area contributed by atoms with Gasteiger partial charge in [-0.15, -0.1) is 0 Å². The minimum absolute atomic E-state index is 0. The molecule has 0 spiro atoms. The number of rotatable bonds is 12. The Bertz CT molecular complexity index is 359. The van der Waals surface area contributed by atoms with Crippen LogP contribution in [0, 0.1) is 0 Å². The van der Waals surface area contributed by atoms with E-state index in [1.807, 2.05) is 36.4 Å². The van der Waals surface area contributed by atoms with Gasteiger partial charge in [0.15, 0.2) is 0 Å². The summed E-state index contributed by atoms with van der Waals surface area (Å²) in [5.74, 6) is -1.84. The van der Waals surface area contributed by atoms with Crippen LogP contribution in [0.5, 0.6) is 0 Å². The normalized spacial score (nSPS) is 8.96. The average molecular weight is 423 g/mol. The van der Waals surface area contributed by atoms with E-state index in [9.17, 15) is 19.8 Å². The van der Waals surface area contributed by atoms with E-state index in [0.717, 1.165) is 38.5 Å². The molecule has 1 aromatic carbocycles. The second kappa shape index (κ2) is 26.9. The molecule has 0 aromatic heterocycles. The molecule has 0 saturated heterocycles. The van der Waals surface area contributed by atoms with Crippen molar-refractivity contribution >= 4 is 11.9 Å². The predicted octanol–water partition coefficient (Wildman–Crippen LogP) is 3.88. The van der Waals surface area contributed by atoms with Gasteiger partial charge in [-0.25, -0.2) is 0 Å². The summed E-state index contributed by atoms with van der Waals surface area (Å²) in [4.78, 5) is 19.8. The van der Waals surface area contributed by atoms with Gasteiger partial charge in [0, 0.05) is 11.9 Å². The molecule has 4 nitrogen and oxygen atoms in total. The van der Waals surface area contributed by atoms with Crippen molar-refractivity contribution < 1.29 is 36.3 Å². The molecule has 1 aromatic rings. The summed E-state index contributed by atoms with van der Waals surface area (Å²) in [6.45, 7) is 4.28. The number of carboxylic acid groups (broad SMARTS) is 2. The van der Waals surface area contributed by atoms with E-state index in [2.05, 4.69) is 13.8 Å². The Morgan fingerprint density at radius 3 is 1.04 bits per heavy atom. The van der Waals surface area contributed by atoms with Crippen LogP contribution in [-0.2, 0) is 26.1 Å². The van der Waals surface area contributed by atoms with Crippen molar-refractivity contribution in [2.45, 2.75) is 90.9 Å². The molecule has 27 heavy (non-hydrogen) atoms. The first-order chi connectivity index (χ1) is 12.5. The molecule has 0 radical (unpaired) electrons. The van der Waals surface area contributed by atoms with Gasteiger partial charge in [0.2, 0.25) is 0 Å². The van der Waals surface area contributed by atoms with Crippen LogP contribution in [0.4, 0.5) is 0 Å². The third-order valence-electron chi connectivity index (χ3n) is 3.64. The van der Waals surface area contributed by atoms with Gasteiger partial charge in [0.1, 0.15) is 0 Å². The largest absolute Gasteiger partial charge is 2.00 e. The Hall–Kier alpha value is -1.35. The fraction of sp³-hybridized carbons (Fsp3) is 0.636. The van der Waals surface area contributed by atoms with Crippen LogP contribution in [0.1, 0.15) is 90.9 Å². The van der Waals surface area contributed by atoms with E-state index < -0.39 is 11.9 Å². The van der Waals surface area contributed by atoms with E-state index in [1.165, 1.54) is 25.7 Å². The Balaban J connectivity index is -0.000000323. The van der Waals surface area contributed by atoms with Gasteiger partial charge in [-0.3, -0.25) is 0 Å². The second-order valence-corrected chi connectivity index (χ2v) is 6.23. The second-order valence-electron chi connectivity index (χ2n) is 6.23. The Kier molecular flexibility index (Phi) is 30.2. The molecule has 0 N–H and O–H groups in total.